The van der Waals surface area contributed by atoms with E-state index in [1.165, 1.54) is 22.3 Å². The Morgan fingerprint density at radius 3 is 3.00 bits per heavy atom. The minimum atomic E-state index is 0. The van der Waals surface area contributed by atoms with Gasteiger partial charge in [0.05, 0.1) is 6.54 Å². The number of aliphatic imine (C=N–C) groups is 1. The Hall–Kier alpha value is 1.72. The Morgan fingerprint density at radius 2 is 2.45 bits per heavy atom. The van der Waals surface area contributed by atoms with E-state index >= 15 is 0 Å². The van der Waals surface area contributed by atoms with E-state index in [0.717, 1.165) is 6.54 Å². The number of nitrogens with zero attached hydrogens (tertiary/aromatic N) is 1. The molecule has 1 nitrogen and oxygen atoms in total. The first-order valence-electron chi connectivity index (χ1n) is 3.40. The van der Waals surface area contributed by atoms with Gasteiger partial charge in [0.1, 0.15) is 4.38 Å². The zero-order valence-corrected chi connectivity index (χ0v) is 11.4. The molecule has 0 aromatic rings. The molecule has 0 spiro atoms. The molecule has 1 aliphatic rings. The molecule has 5 heteroatoms. The maximum Gasteiger partial charge on any atom is 0.135 e. The Labute approximate surface area is 103 Å². The van der Waals surface area contributed by atoms with Crippen LogP contribution in [0.3, 0.4) is 0 Å². The summed E-state index contributed by atoms with van der Waals surface area (Å²) in [4.78, 5) is 4.33. The molecule has 0 N–H and O–H groups in total. The zero-order chi connectivity index (χ0) is 7.23. The SMILES string of the molecule is CCCSSC1=NCCS1.[Na]. The topological polar surface area (TPSA) is 12.4 Å². The van der Waals surface area contributed by atoms with Gasteiger partial charge in [-0.15, -0.1) is 0 Å². The van der Waals surface area contributed by atoms with Gasteiger partial charge in [0.2, 0.25) is 0 Å². The van der Waals surface area contributed by atoms with Crippen molar-refractivity contribution in [3.63, 3.8) is 0 Å². The van der Waals surface area contributed by atoms with Gasteiger partial charge in [0, 0.05) is 41.1 Å². The molecule has 0 aromatic heterocycles. The maximum atomic E-state index is 4.33. The van der Waals surface area contributed by atoms with Gasteiger partial charge in [-0.1, -0.05) is 29.5 Å². The normalized spacial score (nSPS) is 15.9. The third-order valence-corrected chi connectivity index (χ3v) is 4.95. The second-order valence-corrected chi connectivity index (χ2v) is 5.65. The first kappa shape index (κ1) is 12.7. The van der Waals surface area contributed by atoms with E-state index in [-0.39, 0.29) is 29.6 Å². The van der Waals surface area contributed by atoms with Crippen LogP contribution in [0.15, 0.2) is 4.99 Å². The maximum absolute atomic E-state index is 4.33. The minimum absolute atomic E-state index is 0. The average molecular weight is 216 g/mol. The number of hydrogen-bond acceptors (Lipinski definition) is 4. The molecule has 0 bridgehead atoms. The van der Waals surface area contributed by atoms with Crippen LogP contribution >= 0.6 is 33.3 Å². The van der Waals surface area contributed by atoms with Crippen molar-refractivity contribution in [2.45, 2.75) is 13.3 Å². The monoisotopic (exact) mass is 216 g/mol. The second-order valence-electron chi connectivity index (χ2n) is 1.90. The fraction of sp³-hybridized carbons (Fsp3) is 0.833. The van der Waals surface area contributed by atoms with Gasteiger partial charge in [0.15, 0.2) is 0 Å². The van der Waals surface area contributed by atoms with Crippen molar-refractivity contribution in [1.29, 1.82) is 0 Å². The fourth-order valence-electron chi connectivity index (χ4n) is 0.541. The van der Waals surface area contributed by atoms with E-state index in [1.807, 2.05) is 33.3 Å². The van der Waals surface area contributed by atoms with E-state index in [4.69, 9.17) is 0 Å². The van der Waals surface area contributed by atoms with Crippen molar-refractivity contribution in [1.82, 2.24) is 0 Å². The largest absolute Gasteiger partial charge is 0.270 e. The Kier molecular flexibility index (Phi) is 9.63. The summed E-state index contributed by atoms with van der Waals surface area (Å²) in [6.45, 7) is 3.23. The third-order valence-electron chi connectivity index (χ3n) is 0.975. The van der Waals surface area contributed by atoms with Gasteiger partial charge >= 0.3 is 0 Å². The third kappa shape index (κ3) is 5.88. The van der Waals surface area contributed by atoms with E-state index in [0.29, 0.717) is 0 Å². The molecule has 1 aliphatic heterocycles. The molecule has 59 valence electrons. The van der Waals surface area contributed by atoms with Crippen molar-refractivity contribution in [3.05, 3.63) is 0 Å². The molecule has 1 radical (unpaired) electrons. The van der Waals surface area contributed by atoms with Crippen molar-refractivity contribution < 1.29 is 0 Å². The van der Waals surface area contributed by atoms with Crippen LogP contribution in [0.2, 0.25) is 0 Å². The van der Waals surface area contributed by atoms with E-state index < -0.39 is 0 Å². The summed E-state index contributed by atoms with van der Waals surface area (Å²) < 4.78 is 1.28. The summed E-state index contributed by atoms with van der Waals surface area (Å²) in [6, 6.07) is 0. The van der Waals surface area contributed by atoms with Crippen molar-refractivity contribution in [3.8, 4) is 0 Å². The van der Waals surface area contributed by atoms with Crippen LogP contribution in [-0.4, -0.2) is 52.0 Å². The van der Waals surface area contributed by atoms with Crippen LogP contribution in [0.25, 0.3) is 0 Å². The molecule has 1 heterocycles. The van der Waals surface area contributed by atoms with E-state index in [1.54, 1.807) is 0 Å². The molecular formula is C6H11NNaS3. The molecular weight excluding hydrogens is 205 g/mol. The fourth-order valence-corrected chi connectivity index (χ4v) is 4.09. The minimum Gasteiger partial charge on any atom is -0.270 e. The molecule has 0 saturated heterocycles. The predicted octanol–water partition coefficient (Wildman–Crippen LogP) is 2.50. The Bertz CT molecular complexity index is 129. The summed E-state index contributed by atoms with van der Waals surface area (Å²) in [6.07, 6.45) is 1.26. The van der Waals surface area contributed by atoms with Crippen molar-refractivity contribution in [2.75, 3.05) is 18.1 Å². The molecule has 0 fully saturated rings. The van der Waals surface area contributed by atoms with Crippen LogP contribution < -0.4 is 0 Å². The zero-order valence-electron chi connectivity index (χ0n) is 7.00. The summed E-state index contributed by atoms with van der Waals surface area (Å²) >= 11 is 1.88. The van der Waals surface area contributed by atoms with Gasteiger partial charge in [-0.25, -0.2) is 0 Å². The molecule has 11 heavy (non-hydrogen) atoms. The van der Waals surface area contributed by atoms with Crippen LogP contribution in [0.1, 0.15) is 13.3 Å². The van der Waals surface area contributed by atoms with Gasteiger partial charge in [-0.3, -0.25) is 4.99 Å². The second kappa shape index (κ2) is 8.32. The smallest absolute Gasteiger partial charge is 0.135 e. The standard InChI is InChI=1S/C6H11NS3.Na/c1-2-4-9-10-6-7-3-5-8-6;/h2-5H2,1H3;. The van der Waals surface area contributed by atoms with Gasteiger partial charge in [0.25, 0.3) is 0 Å². The number of rotatable bonds is 3. The molecule has 0 atom stereocenters. The van der Waals surface area contributed by atoms with Gasteiger partial charge in [-0.2, -0.15) is 0 Å². The Balaban J connectivity index is 0.000001000. The summed E-state index contributed by atoms with van der Waals surface area (Å²) in [5.74, 6) is 2.43. The Morgan fingerprint density at radius 1 is 1.64 bits per heavy atom. The molecule has 0 unspecified atom stereocenters. The van der Waals surface area contributed by atoms with E-state index in [9.17, 15) is 0 Å². The van der Waals surface area contributed by atoms with Crippen LogP contribution in [-0.2, 0) is 0 Å². The van der Waals surface area contributed by atoms with Crippen LogP contribution in [0.5, 0.6) is 0 Å². The number of thioether (sulfide) groups is 1. The molecule has 0 aliphatic carbocycles. The number of hydrogen-bond donors (Lipinski definition) is 0. The first-order chi connectivity index (χ1) is 4.93. The molecule has 0 amide bonds. The molecule has 0 saturated carbocycles. The van der Waals surface area contributed by atoms with Gasteiger partial charge in [-0.05, 0) is 17.2 Å². The summed E-state index contributed by atoms with van der Waals surface area (Å²) in [7, 11) is 3.75. The van der Waals surface area contributed by atoms with Crippen LogP contribution in [0.4, 0.5) is 0 Å². The van der Waals surface area contributed by atoms with Crippen LogP contribution in [0, 0.1) is 0 Å². The average Bonchev–Trinajstić information content (AvgIpc) is 2.41. The van der Waals surface area contributed by atoms with Crippen molar-refractivity contribution >= 4 is 67.3 Å². The van der Waals surface area contributed by atoms with Gasteiger partial charge < -0.3 is 0 Å². The summed E-state index contributed by atoms with van der Waals surface area (Å²) in [5, 5.41) is 0. The predicted molar refractivity (Wildman–Crippen MR) is 60.9 cm³/mol. The molecule has 0 aromatic carbocycles. The van der Waals surface area contributed by atoms with E-state index in [2.05, 4.69) is 11.9 Å². The first-order valence-corrected chi connectivity index (χ1v) is 6.70. The molecule has 1 rings (SSSR count). The quantitative estimate of drug-likeness (QED) is 0.408. The summed E-state index contributed by atoms with van der Waals surface area (Å²) in [5.41, 5.74) is 0. The van der Waals surface area contributed by atoms with Crippen molar-refractivity contribution in [2.24, 2.45) is 4.99 Å².